The third kappa shape index (κ3) is 4.31. The van der Waals surface area contributed by atoms with E-state index in [2.05, 4.69) is 15.0 Å². The number of ether oxygens (including phenoxy) is 1. The van der Waals surface area contributed by atoms with Crippen LogP contribution in [0.4, 0.5) is 5.69 Å². The molecule has 0 unspecified atom stereocenters. The Kier molecular flexibility index (Phi) is 5.12. The molecule has 1 fully saturated rings. The van der Waals surface area contributed by atoms with Gasteiger partial charge in [-0.05, 0) is 67.8 Å². The fourth-order valence-corrected chi connectivity index (χ4v) is 3.17. The summed E-state index contributed by atoms with van der Waals surface area (Å²) < 4.78 is 7.71. The number of likely N-dealkylation sites (tertiary alicyclic amines) is 1. The number of aryl methyl sites for hydroxylation is 1. The second-order valence-corrected chi connectivity index (χ2v) is 7.05. The molecule has 0 spiro atoms. The molecule has 0 atom stereocenters. The lowest BCUT2D eigenvalue weighted by Gasteiger charge is -2.10. The van der Waals surface area contributed by atoms with E-state index in [-0.39, 0.29) is 0 Å². The van der Waals surface area contributed by atoms with Crippen LogP contribution < -0.4 is 4.74 Å². The van der Waals surface area contributed by atoms with Crippen molar-refractivity contribution in [1.82, 2.24) is 14.7 Å². The Bertz CT molecular complexity index is 943. The van der Waals surface area contributed by atoms with Gasteiger partial charge in [-0.2, -0.15) is 0 Å². The number of hydrogen-bond donors (Lipinski definition) is 0. The Morgan fingerprint density at radius 3 is 2.59 bits per heavy atom. The first-order chi connectivity index (χ1) is 13.2. The van der Waals surface area contributed by atoms with Crippen LogP contribution in [0.2, 0.25) is 5.02 Å². The number of halogens is 1. The lowest BCUT2D eigenvalue weighted by atomic mass is 10.2. The van der Waals surface area contributed by atoms with E-state index in [4.69, 9.17) is 16.3 Å². The average molecular weight is 381 g/mol. The summed E-state index contributed by atoms with van der Waals surface area (Å²) in [5.74, 6) is 1.32. The van der Waals surface area contributed by atoms with Gasteiger partial charge in [0.25, 0.3) is 0 Å². The standard InChI is InChI=1S/C21H21ClN4O/c1-16-14-18(23-15-25-11-2-3-12-25)6-9-20(16)27-21-10-13-26(24-21)19-7-4-17(22)5-8-19/h4-10,13-15H,2-3,11-12H2,1H3/b23-15+. The molecule has 0 bridgehead atoms. The SMILES string of the molecule is Cc1cc(/N=C/N2CCCC2)ccc1Oc1ccn(-c2ccc(Cl)cc2)n1. The summed E-state index contributed by atoms with van der Waals surface area (Å²) in [5.41, 5.74) is 2.88. The molecule has 4 rings (SSSR count). The van der Waals surface area contributed by atoms with Crippen molar-refractivity contribution in [3.05, 3.63) is 65.3 Å². The summed E-state index contributed by atoms with van der Waals surface area (Å²) in [6.07, 6.45) is 6.31. The topological polar surface area (TPSA) is 42.6 Å². The van der Waals surface area contributed by atoms with Gasteiger partial charge in [0, 0.05) is 30.4 Å². The molecule has 0 amide bonds. The minimum absolute atomic E-state index is 0.543. The van der Waals surface area contributed by atoms with Gasteiger partial charge in [0.15, 0.2) is 0 Å². The smallest absolute Gasteiger partial charge is 0.238 e. The molecule has 0 aliphatic carbocycles. The average Bonchev–Trinajstić information content (AvgIpc) is 3.35. The van der Waals surface area contributed by atoms with Gasteiger partial charge < -0.3 is 9.64 Å². The molecule has 27 heavy (non-hydrogen) atoms. The zero-order valence-corrected chi connectivity index (χ0v) is 15.9. The Morgan fingerprint density at radius 1 is 1.07 bits per heavy atom. The zero-order chi connectivity index (χ0) is 18.6. The molecule has 1 aliphatic heterocycles. The van der Waals surface area contributed by atoms with Crippen molar-refractivity contribution in [3.63, 3.8) is 0 Å². The van der Waals surface area contributed by atoms with Crippen LogP contribution in [0.15, 0.2) is 59.7 Å². The quantitative estimate of drug-likeness (QED) is 0.440. The molecule has 0 radical (unpaired) electrons. The van der Waals surface area contributed by atoms with Gasteiger partial charge in [-0.25, -0.2) is 9.67 Å². The Hall–Kier alpha value is -2.79. The summed E-state index contributed by atoms with van der Waals surface area (Å²) in [7, 11) is 0. The zero-order valence-electron chi connectivity index (χ0n) is 15.2. The summed E-state index contributed by atoms with van der Waals surface area (Å²) in [6.45, 7) is 4.21. The molecule has 1 aromatic heterocycles. The van der Waals surface area contributed by atoms with E-state index in [1.54, 1.807) is 4.68 Å². The molecular weight excluding hydrogens is 360 g/mol. The highest BCUT2D eigenvalue weighted by molar-refractivity contribution is 6.30. The van der Waals surface area contributed by atoms with E-state index in [9.17, 15) is 0 Å². The second kappa shape index (κ2) is 7.84. The first-order valence-corrected chi connectivity index (χ1v) is 9.43. The van der Waals surface area contributed by atoms with E-state index in [0.29, 0.717) is 10.9 Å². The molecule has 0 N–H and O–H groups in total. The predicted molar refractivity (Wildman–Crippen MR) is 109 cm³/mol. The van der Waals surface area contributed by atoms with Crippen LogP contribution in [0.3, 0.4) is 0 Å². The molecule has 2 heterocycles. The largest absolute Gasteiger partial charge is 0.437 e. The van der Waals surface area contributed by atoms with Crippen LogP contribution in [-0.2, 0) is 0 Å². The van der Waals surface area contributed by atoms with Crippen LogP contribution in [-0.4, -0.2) is 34.1 Å². The van der Waals surface area contributed by atoms with Crippen molar-refractivity contribution in [2.45, 2.75) is 19.8 Å². The monoisotopic (exact) mass is 380 g/mol. The molecular formula is C21H21ClN4O. The van der Waals surface area contributed by atoms with E-state index in [0.717, 1.165) is 35.8 Å². The Morgan fingerprint density at radius 2 is 1.85 bits per heavy atom. The number of aliphatic imine (C=N–C) groups is 1. The van der Waals surface area contributed by atoms with Gasteiger partial charge in [0.1, 0.15) is 5.75 Å². The van der Waals surface area contributed by atoms with E-state index < -0.39 is 0 Å². The maximum atomic E-state index is 5.95. The van der Waals surface area contributed by atoms with Crippen molar-refractivity contribution >= 4 is 23.6 Å². The van der Waals surface area contributed by atoms with E-state index in [1.165, 1.54) is 12.8 Å². The molecule has 138 valence electrons. The van der Waals surface area contributed by atoms with Crippen molar-refractivity contribution in [1.29, 1.82) is 0 Å². The molecule has 5 nitrogen and oxygen atoms in total. The highest BCUT2D eigenvalue weighted by Crippen LogP contribution is 2.28. The van der Waals surface area contributed by atoms with Gasteiger partial charge in [0.05, 0.1) is 17.7 Å². The maximum Gasteiger partial charge on any atom is 0.238 e. The molecule has 1 aliphatic rings. The van der Waals surface area contributed by atoms with Gasteiger partial charge in [-0.3, -0.25) is 0 Å². The summed E-state index contributed by atoms with van der Waals surface area (Å²) in [5, 5.41) is 5.17. The normalized spacial score (nSPS) is 14.2. The fraction of sp³-hybridized carbons (Fsp3) is 0.238. The maximum absolute atomic E-state index is 5.95. The summed E-state index contributed by atoms with van der Waals surface area (Å²) in [4.78, 5) is 6.82. The third-order valence-electron chi connectivity index (χ3n) is 4.54. The number of benzene rings is 2. The lowest BCUT2D eigenvalue weighted by Crippen LogP contribution is -2.15. The number of nitrogens with zero attached hydrogens (tertiary/aromatic N) is 4. The molecule has 0 saturated carbocycles. The fourth-order valence-electron chi connectivity index (χ4n) is 3.05. The Labute approximate surface area is 163 Å². The number of rotatable bonds is 5. The molecule has 2 aromatic carbocycles. The number of hydrogen-bond acceptors (Lipinski definition) is 3. The molecule has 3 aromatic rings. The highest BCUT2D eigenvalue weighted by atomic mass is 35.5. The van der Waals surface area contributed by atoms with Crippen molar-refractivity contribution in [2.75, 3.05) is 13.1 Å². The molecule has 6 heteroatoms. The van der Waals surface area contributed by atoms with Crippen molar-refractivity contribution in [2.24, 2.45) is 4.99 Å². The van der Waals surface area contributed by atoms with Crippen LogP contribution in [0.1, 0.15) is 18.4 Å². The van der Waals surface area contributed by atoms with Crippen LogP contribution in [0.25, 0.3) is 5.69 Å². The van der Waals surface area contributed by atoms with Gasteiger partial charge >= 0.3 is 0 Å². The first kappa shape index (κ1) is 17.6. The van der Waals surface area contributed by atoms with Gasteiger partial charge in [0.2, 0.25) is 5.88 Å². The minimum Gasteiger partial charge on any atom is -0.437 e. The Balaban J connectivity index is 1.45. The van der Waals surface area contributed by atoms with Crippen LogP contribution in [0, 0.1) is 6.92 Å². The van der Waals surface area contributed by atoms with E-state index in [1.807, 2.05) is 68.0 Å². The summed E-state index contributed by atoms with van der Waals surface area (Å²) in [6, 6.07) is 15.3. The first-order valence-electron chi connectivity index (χ1n) is 9.06. The van der Waals surface area contributed by atoms with Gasteiger partial charge in [-0.15, -0.1) is 5.10 Å². The number of aromatic nitrogens is 2. The van der Waals surface area contributed by atoms with Crippen LogP contribution in [0.5, 0.6) is 11.6 Å². The summed E-state index contributed by atoms with van der Waals surface area (Å²) >= 11 is 5.93. The van der Waals surface area contributed by atoms with E-state index >= 15 is 0 Å². The minimum atomic E-state index is 0.543. The lowest BCUT2D eigenvalue weighted by molar-refractivity contribution is 0.454. The highest BCUT2D eigenvalue weighted by Gasteiger charge is 2.08. The van der Waals surface area contributed by atoms with Crippen molar-refractivity contribution < 1.29 is 4.74 Å². The van der Waals surface area contributed by atoms with Gasteiger partial charge in [-0.1, -0.05) is 11.6 Å². The molecule has 1 saturated heterocycles. The predicted octanol–water partition coefficient (Wildman–Crippen LogP) is 5.38. The van der Waals surface area contributed by atoms with Crippen molar-refractivity contribution in [3.8, 4) is 17.3 Å². The third-order valence-corrected chi connectivity index (χ3v) is 4.79. The second-order valence-electron chi connectivity index (χ2n) is 6.61. The van der Waals surface area contributed by atoms with Crippen LogP contribution >= 0.6 is 11.6 Å².